The van der Waals surface area contributed by atoms with Crippen molar-refractivity contribution in [2.75, 3.05) is 20.6 Å². The molecule has 0 aliphatic heterocycles. The largest absolute Gasteiger partial charge is 0.390 e. The summed E-state index contributed by atoms with van der Waals surface area (Å²) in [6.07, 6.45) is 0.202. The van der Waals surface area contributed by atoms with E-state index in [-0.39, 0.29) is 24.2 Å². The molecule has 0 radical (unpaired) electrons. The smallest absolute Gasteiger partial charge is 0.258 e. The zero-order chi connectivity index (χ0) is 35.5. The topological polar surface area (TPSA) is 111 Å². The van der Waals surface area contributed by atoms with Gasteiger partial charge in [0.2, 0.25) is 11.8 Å². The third-order valence-electron chi connectivity index (χ3n) is 9.36. The molecule has 8 heteroatoms. The fraction of sp³-hybridized carbons (Fsp3) is 0.439. The molecular formula is C41H54N4O4. The molecule has 0 aliphatic carbocycles. The van der Waals surface area contributed by atoms with Crippen molar-refractivity contribution in [3.8, 4) is 0 Å². The van der Waals surface area contributed by atoms with Gasteiger partial charge in [0.15, 0.2) is 6.17 Å². The average Bonchev–Trinajstić information content (AvgIpc) is 3.08. The van der Waals surface area contributed by atoms with E-state index in [1.54, 1.807) is 19.0 Å². The fourth-order valence-corrected chi connectivity index (χ4v) is 6.33. The minimum atomic E-state index is -1.08. The first-order chi connectivity index (χ1) is 23.5. The normalized spacial score (nSPS) is 14.2. The van der Waals surface area contributed by atoms with E-state index in [9.17, 15) is 19.5 Å². The van der Waals surface area contributed by atoms with E-state index >= 15 is 0 Å². The van der Waals surface area contributed by atoms with Gasteiger partial charge in [-0.3, -0.25) is 19.3 Å². The number of benzene rings is 4. The van der Waals surface area contributed by atoms with Crippen molar-refractivity contribution in [3.05, 3.63) is 96.1 Å². The second-order valence-electron chi connectivity index (χ2n) is 14.1. The van der Waals surface area contributed by atoms with Gasteiger partial charge in [-0.2, -0.15) is 0 Å². The van der Waals surface area contributed by atoms with E-state index < -0.39 is 30.1 Å². The van der Waals surface area contributed by atoms with Crippen LogP contribution in [0, 0.1) is 17.8 Å². The monoisotopic (exact) mass is 666 g/mol. The molecule has 262 valence electrons. The minimum absolute atomic E-state index is 0.120. The predicted octanol–water partition coefficient (Wildman–Crippen LogP) is 5.84. The van der Waals surface area contributed by atoms with Crippen LogP contribution < -0.4 is 16.0 Å². The molecule has 49 heavy (non-hydrogen) atoms. The number of nitrogens with one attached hydrogen (secondary N) is 3. The fourth-order valence-electron chi connectivity index (χ4n) is 6.33. The summed E-state index contributed by atoms with van der Waals surface area (Å²) in [6, 6.07) is 28.0. The Morgan fingerprint density at radius 1 is 0.735 bits per heavy atom. The van der Waals surface area contributed by atoms with Crippen molar-refractivity contribution in [1.29, 1.82) is 0 Å². The Labute approximate surface area is 291 Å². The second kappa shape index (κ2) is 17.9. The highest BCUT2D eigenvalue weighted by atomic mass is 16.3. The van der Waals surface area contributed by atoms with E-state index in [1.807, 2.05) is 50.2 Å². The number of aliphatic hydroxyl groups excluding tert-OH is 1. The summed E-state index contributed by atoms with van der Waals surface area (Å²) in [5.74, 6) is -0.906. The maximum Gasteiger partial charge on any atom is 0.258 e. The number of hydrogen-bond donors (Lipinski definition) is 4. The Morgan fingerprint density at radius 3 is 1.78 bits per heavy atom. The number of amides is 3. The van der Waals surface area contributed by atoms with E-state index in [0.717, 1.165) is 39.1 Å². The van der Waals surface area contributed by atoms with Crippen molar-refractivity contribution >= 4 is 39.3 Å². The number of likely N-dealkylation sites (N-methyl/N-ethyl adjacent to an activating group) is 1. The van der Waals surface area contributed by atoms with Crippen molar-refractivity contribution in [2.45, 2.75) is 78.1 Å². The third-order valence-corrected chi connectivity index (χ3v) is 9.36. The highest BCUT2D eigenvalue weighted by Crippen LogP contribution is 2.26. The summed E-state index contributed by atoms with van der Waals surface area (Å²) in [7, 11) is 3.48. The van der Waals surface area contributed by atoms with Crippen molar-refractivity contribution in [3.63, 3.8) is 0 Å². The Kier molecular flexibility index (Phi) is 13.7. The van der Waals surface area contributed by atoms with Gasteiger partial charge in [-0.05, 0) is 77.9 Å². The maximum absolute atomic E-state index is 14.3. The van der Waals surface area contributed by atoms with Crippen LogP contribution in [-0.4, -0.2) is 66.7 Å². The number of aliphatic hydroxyl groups is 1. The first-order valence-electron chi connectivity index (χ1n) is 17.6. The molecule has 0 aromatic heterocycles. The van der Waals surface area contributed by atoms with Gasteiger partial charge in [-0.25, -0.2) is 0 Å². The van der Waals surface area contributed by atoms with Crippen LogP contribution in [0.25, 0.3) is 21.5 Å². The van der Waals surface area contributed by atoms with E-state index in [1.165, 1.54) is 0 Å². The predicted molar refractivity (Wildman–Crippen MR) is 199 cm³/mol. The summed E-state index contributed by atoms with van der Waals surface area (Å²) >= 11 is 0. The summed E-state index contributed by atoms with van der Waals surface area (Å²) < 4.78 is 0. The maximum atomic E-state index is 14.3. The van der Waals surface area contributed by atoms with Crippen LogP contribution in [-0.2, 0) is 27.2 Å². The van der Waals surface area contributed by atoms with Gasteiger partial charge >= 0.3 is 0 Å². The number of carbonyl (C=O) groups is 3. The molecule has 4 atom stereocenters. The zero-order valence-corrected chi connectivity index (χ0v) is 29.9. The van der Waals surface area contributed by atoms with Gasteiger partial charge in [0.1, 0.15) is 0 Å². The lowest BCUT2D eigenvalue weighted by Crippen LogP contribution is -2.59. The SMILES string of the molecule is CC[C@H](C)CNC(=O)C[C@@H](O)[C@H](CC(C)C)NC(=O)[C@H](NC(=O)C(Cc1cccc2ccccc12)Cc1cccc2ccccc12)N(C)C. The number of rotatable bonds is 17. The second-order valence-corrected chi connectivity index (χ2v) is 14.1. The summed E-state index contributed by atoms with van der Waals surface area (Å²) in [5, 5.41) is 24.4. The van der Waals surface area contributed by atoms with Crippen LogP contribution in [0.2, 0.25) is 0 Å². The van der Waals surface area contributed by atoms with E-state index in [2.05, 4.69) is 78.3 Å². The highest BCUT2D eigenvalue weighted by molar-refractivity contribution is 5.91. The zero-order valence-electron chi connectivity index (χ0n) is 29.9. The first kappa shape index (κ1) is 37.5. The van der Waals surface area contributed by atoms with Crippen LogP contribution in [0.15, 0.2) is 84.9 Å². The van der Waals surface area contributed by atoms with Crippen molar-refractivity contribution in [2.24, 2.45) is 17.8 Å². The molecule has 4 N–H and O–H groups in total. The highest BCUT2D eigenvalue weighted by Gasteiger charge is 2.32. The lowest BCUT2D eigenvalue weighted by molar-refractivity contribution is -0.135. The van der Waals surface area contributed by atoms with E-state index in [4.69, 9.17) is 0 Å². The van der Waals surface area contributed by atoms with Gasteiger partial charge in [-0.1, -0.05) is 119 Å². The number of hydrogen-bond acceptors (Lipinski definition) is 5. The van der Waals surface area contributed by atoms with Crippen LogP contribution >= 0.6 is 0 Å². The number of nitrogens with zero attached hydrogens (tertiary/aromatic N) is 1. The summed E-state index contributed by atoms with van der Waals surface area (Å²) in [4.78, 5) is 42.5. The molecule has 4 aromatic carbocycles. The Hall–Kier alpha value is -4.27. The molecule has 0 unspecified atom stereocenters. The van der Waals surface area contributed by atoms with Gasteiger partial charge in [0.05, 0.1) is 18.6 Å². The lowest BCUT2D eigenvalue weighted by atomic mass is 9.88. The third kappa shape index (κ3) is 10.6. The van der Waals surface area contributed by atoms with Gasteiger partial charge in [0, 0.05) is 12.5 Å². The molecule has 0 heterocycles. The average molecular weight is 667 g/mol. The van der Waals surface area contributed by atoms with Crippen LogP contribution in [0.5, 0.6) is 0 Å². The molecule has 8 nitrogen and oxygen atoms in total. The molecule has 0 spiro atoms. The number of carbonyl (C=O) groups excluding carboxylic acids is 3. The van der Waals surface area contributed by atoms with Crippen molar-refractivity contribution in [1.82, 2.24) is 20.9 Å². The number of fused-ring (bicyclic) bond motifs is 2. The molecular weight excluding hydrogens is 612 g/mol. The molecule has 0 bridgehead atoms. The van der Waals surface area contributed by atoms with Gasteiger partial charge in [-0.15, -0.1) is 0 Å². The Bertz CT molecular complexity index is 1610. The van der Waals surface area contributed by atoms with Crippen molar-refractivity contribution < 1.29 is 19.5 Å². The lowest BCUT2D eigenvalue weighted by Gasteiger charge is -2.31. The van der Waals surface area contributed by atoms with Crippen LogP contribution in [0.4, 0.5) is 0 Å². The Morgan fingerprint density at radius 2 is 1.27 bits per heavy atom. The molecule has 4 aromatic rings. The van der Waals surface area contributed by atoms with Crippen LogP contribution in [0.1, 0.15) is 58.1 Å². The molecule has 4 rings (SSSR count). The molecule has 0 saturated carbocycles. The first-order valence-corrected chi connectivity index (χ1v) is 17.6. The van der Waals surface area contributed by atoms with Crippen LogP contribution in [0.3, 0.4) is 0 Å². The molecule has 0 saturated heterocycles. The minimum Gasteiger partial charge on any atom is -0.390 e. The quantitative estimate of drug-likeness (QED) is 0.106. The van der Waals surface area contributed by atoms with Gasteiger partial charge < -0.3 is 21.1 Å². The summed E-state index contributed by atoms with van der Waals surface area (Å²) in [5.41, 5.74) is 2.13. The van der Waals surface area contributed by atoms with Gasteiger partial charge in [0.25, 0.3) is 5.91 Å². The molecule has 0 aliphatic rings. The molecule has 3 amide bonds. The molecule has 0 fully saturated rings. The van der Waals surface area contributed by atoms with E-state index in [0.29, 0.717) is 31.7 Å². The summed E-state index contributed by atoms with van der Waals surface area (Å²) in [6.45, 7) is 8.67. The standard InChI is InChI=1S/C41H54N4O4/c1-7-28(4)26-42-38(47)25-37(46)36(22-27(2)3)43-41(49)39(45(5)6)44-40(48)33(23-31-18-12-16-29-14-8-10-20-34(29)31)24-32-19-13-17-30-15-9-11-21-35(30)32/h8-21,27-28,33,36-37,39,46H,7,22-26H2,1-6H3,(H,42,47)(H,43,49)(H,44,48)/t28-,36-,37+,39+/m0/s1. The Balaban J connectivity index is 1.57.